The highest BCUT2D eigenvalue weighted by Crippen LogP contribution is 2.49. The third-order valence-electron chi connectivity index (χ3n) is 4.74. The van der Waals surface area contributed by atoms with Crippen LogP contribution in [0.5, 0.6) is 0 Å². The standard InChI is InChI=1S/C16H20OS/c1-18-16-5-3-2-4-14(16)15(17)10-13-9-11-6-7-12(13)8-11/h2-5,11-13H,6-10H2,1H3. The van der Waals surface area contributed by atoms with Gasteiger partial charge in [-0.3, -0.25) is 4.79 Å². The minimum atomic E-state index is 0.359. The van der Waals surface area contributed by atoms with Crippen LogP contribution in [0, 0.1) is 17.8 Å². The van der Waals surface area contributed by atoms with Gasteiger partial charge in [-0.2, -0.15) is 0 Å². The summed E-state index contributed by atoms with van der Waals surface area (Å²) in [5.41, 5.74) is 0.938. The van der Waals surface area contributed by atoms with E-state index in [0.717, 1.165) is 28.7 Å². The molecule has 2 bridgehead atoms. The van der Waals surface area contributed by atoms with Crippen molar-refractivity contribution in [3.63, 3.8) is 0 Å². The zero-order valence-electron chi connectivity index (χ0n) is 10.9. The monoisotopic (exact) mass is 260 g/mol. The Morgan fingerprint density at radius 1 is 1.28 bits per heavy atom. The van der Waals surface area contributed by atoms with Crippen LogP contribution in [0.15, 0.2) is 29.2 Å². The Kier molecular flexibility index (Phi) is 3.47. The maximum atomic E-state index is 12.4. The fourth-order valence-corrected chi connectivity index (χ4v) is 4.47. The summed E-state index contributed by atoms with van der Waals surface area (Å²) in [5.74, 6) is 2.81. The van der Waals surface area contributed by atoms with Crippen LogP contribution < -0.4 is 0 Å². The van der Waals surface area contributed by atoms with E-state index in [1.807, 2.05) is 24.5 Å². The number of hydrogen-bond acceptors (Lipinski definition) is 2. The maximum absolute atomic E-state index is 12.4. The molecule has 3 atom stereocenters. The highest BCUT2D eigenvalue weighted by Gasteiger charge is 2.40. The molecule has 2 aliphatic rings. The molecule has 1 aromatic carbocycles. The lowest BCUT2D eigenvalue weighted by molar-refractivity contribution is 0.0941. The van der Waals surface area contributed by atoms with E-state index in [9.17, 15) is 4.79 Å². The van der Waals surface area contributed by atoms with Crippen molar-refractivity contribution >= 4 is 17.5 Å². The second-order valence-corrected chi connectivity index (χ2v) is 6.61. The van der Waals surface area contributed by atoms with Crippen molar-refractivity contribution in [3.8, 4) is 0 Å². The molecule has 0 aromatic heterocycles. The Balaban J connectivity index is 1.71. The summed E-state index contributed by atoms with van der Waals surface area (Å²) in [6.07, 6.45) is 8.30. The second kappa shape index (κ2) is 5.08. The zero-order chi connectivity index (χ0) is 12.5. The van der Waals surface area contributed by atoms with E-state index in [1.165, 1.54) is 25.7 Å². The average molecular weight is 260 g/mol. The molecule has 0 radical (unpaired) electrons. The fourth-order valence-electron chi connectivity index (χ4n) is 3.85. The third-order valence-corrected chi connectivity index (χ3v) is 5.54. The summed E-state index contributed by atoms with van der Waals surface area (Å²) in [7, 11) is 0. The van der Waals surface area contributed by atoms with E-state index in [4.69, 9.17) is 0 Å². The quantitative estimate of drug-likeness (QED) is 0.589. The van der Waals surface area contributed by atoms with Gasteiger partial charge in [0.1, 0.15) is 0 Å². The Morgan fingerprint density at radius 2 is 2.11 bits per heavy atom. The second-order valence-electron chi connectivity index (χ2n) is 5.76. The largest absolute Gasteiger partial charge is 0.294 e. The molecule has 3 rings (SSSR count). The van der Waals surface area contributed by atoms with Crippen molar-refractivity contribution in [1.29, 1.82) is 0 Å². The van der Waals surface area contributed by atoms with Crippen LogP contribution in [-0.2, 0) is 0 Å². The van der Waals surface area contributed by atoms with Gasteiger partial charge in [0.15, 0.2) is 5.78 Å². The maximum Gasteiger partial charge on any atom is 0.164 e. The molecule has 2 saturated carbocycles. The van der Waals surface area contributed by atoms with E-state index in [1.54, 1.807) is 11.8 Å². The Bertz CT molecular complexity index is 454. The topological polar surface area (TPSA) is 17.1 Å². The van der Waals surface area contributed by atoms with Gasteiger partial charge in [-0.15, -0.1) is 11.8 Å². The minimum absolute atomic E-state index is 0.359. The Morgan fingerprint density at radius 3 is 2.78 bits per heavy atom. The lowest BCUT2D eigenvalue weighted by Gasteiger charge is -2.21. The van der Waals surface area contributed by atoms with E-state index < -0.39 is 0 Å². The van der Waals surface area contributed by atoms with Crippen LogP contribution in [0.25, 0.3) is 0 Å². The van der Waals surface area contributed by atoms with Crippen LogP contribution in [-0.4, -0.2) is 12.0 Å². The van der Waals surface area contributed by atoms with Gasteiger partial charge in [0.2, 0.25) is 0 Å². The van der Waals surface area contributed by atoms with Gasteiger partial charge < -0.3 is 0 Å². The highest BCUT2D eigenvalue weighted by atomic mass is 32.2. The van der Waals surface area contributed by atoms with Crippen LogP contribution in [0.1, 0.15) is 42.5 Å². The molecular formula is C16H20OS. The normalized spacial score (nSPS) is 29.7. The summed E-state index contributed by atoms with van der Waals surface area (Å²) in [6, 6.07) is 8.04. The smallest absolute Gasteiger partial charge is 0.164 e. The van der Waals surface area contributed by atoms with Crippen LogP contribution in [0.4, 0.5) is 0 Å². The number of fused-ring (bicyclic) bond motifs is 2. The first-order valence-corrected chi connectivity index (χ1v) is 8.16. The first kappa shape index (κ1) is 12.3. The number of thioether (sulfide) groups is 1. The molecule has 0 spiro atoms. The van der Waals surface area contributed by atoms with Crippen molar-refractivity contribution < 1.29 is 4.79 Å². The fraction of sp³-hybridized carbons (Fsp3) is 0.562. The Hall–Kier alpha value is -0.760. The molecule has 0 amide bonds. The molecule has 3 unspecified atom stereocenters. The molecule has 0 N–H and O–H groups in total. The van der Waals surface area contributed by atoms with Crippen LogP contribution in [0.2, 0.25) is 0 Å². The molecule has 2 fully saturated rings. The number of hydrogen-bond donors (Lipinski definition) is 0. The molecule has 0 heterocycles. The van der Waals surface area contributed by atoms with Gasteiger partial charge in [-0.05, 0) is 49.3 Å². The third kappa shape index (κ3) is 2.23. The van der Waals surface area contributed by atoms with E-state index in [2.05, 4.69) is 6.07 Å². The zero-order valence-corrected chi connectivity index (χ0v) is 11.7. The SMILES string of the molecule is CSc1ccccc1C(=O)CC1CC2CCC1C2. The summed E-state index contributed by atoms with van der Waals surface area (Å²) >= 11 is 1.68. The molecule has 96 valence electrons. The summed E-state index contributed by atoms with van der Waals surface area (Å²) in [5, 5.41) is 0. The van der Waals surface area contributed by atoms with Gasteiger partial charge in [0.05, 0.1) is 0 Å². The van der Waals surface area contributed by atoms with E-state index in [0.29, 0.717) is 11.7 Å². The predicted octanol–water partition coefficient (Wildman–Crippen LogP) is 4.42. The molecule has 1 nitrogen and oxygen atoms in total. The Labute approximate surface area is 113 Å². The minimum Gasteiger partial charge on any atom is -0.294 e. The van der Waals surface area contributed by atoms with Crippen LogP contribution >= 0.6 is 11.8 Å². The number of rotatable bonds is 4. The molecule has 2 aliphatic carbocycles. The van der Waals surface area contributed by atoms with Crippen molar-refractivity contribution in [3.05, 3.63) is 29.8 Å². The lowest BCUT2D eigenvalue weighted by atomic mass is 9.84. The summed E-state index contributed by atoms with van der Waals surface area (Å²) in [6.45, 7) is 0. The molecule has 1 aromatic rings. The van der Waals surface area contributed by atoms with E-state index in [-0.39, 0.29) is 0 Å². The molecule has 18 heavy (non-hydrogen) atoms. The van der Waals surface area contributed by atoms with Crippen molar-refractivity contribution in [2.75, 3.05) is 6.26 Å². The number of carbonyl (C=O) groups excluding carboxylic acids is 1. The molecular weight excluding hydrogens is 240 g/mol. The lowest BCUT2D eigenvalue weighted by Crippen LogP contribution is -2.15. The van der Waals surface area contributed by atoms with E-state index >= 15 is 0 Å². The van der Waals surface area contributed by atoms with Gasteiger partial charge in [-0.1, -0.05) is 24.6 Å². The van der Waals surface area contributed by atoms with Gasteiger partial charge >= 0.3 is 0 Å². The van der Waals surface area contributed by atoms with Gasteiger partial charge in [0, 0.05) is 16.9 Å². The molecule has 0 aliphatic heterocycles. The van der Waals surface area contributed by atoms with Gasteiger partial charge in [-0.25, -0.2) is 0 Å². The van der Waals surface area contributed by atoms with Crippen molar-refractivity contribution in [1.82, 2.24) is 0 Å². The number of Topliss-reactive ketones (excluding diaryl/α,β-unsaturated/α-hetero) is 1. The number of carbonyl (C=O) groups is 1. The van der Waals surface area contributed by atoms with Gasteiger partial charge in [0.25, 0.3) is 0 Å². The van der Waals surface area contributed by atoms with Crippen molar-refractivity contribution in [2.24, 2.45) is 17.8 Å². The summed E-state index contributed by atoms with van der Waals surface area (Å²) < 4.78 is 0. The molecule has 0 saturated heterocycles. The molecule has 2 heteroatoms. The number of benzene rings is 1. The first-order valence-electron chi connectivity index (χ1n) is 6.94. The highest BCUT2D eigenvalue weighted by molar-refractivity contribution is 7.98. The first-order chi connectivity index (χ1) is 8.78. The number of ketones is 1. The summed E-state index contributed by atoms with van der Waals surface area (Å²) in [4.78, 5) is 13.6. The average Bonchev–Trinajstić information content (AvgIpc) is 3.01. The van der Waals surface area contributed by atoms with Crippen LogP contribution in [0.3, 0.4) is 0 Å². The van der Waals surface area contributed by atoms with Crippen molar-refractivity contribution in [2.45, 2.75) is 37.0 Å². The predicted molar refractivity (Wildman–Crippen MR) is 76.1 cm³/mol.